The summed E-state index contributed by atoms with van der Waals surface area (Å²) >= 11 is 12.3. The van der Waals surface area contributed by atoms with E-state index in [0.717, 1.165) is 9.21 Å². The maximum atomic E-state index is 13.8. The fraction of sp³-hybridized carbons (Fsp3) is 0.167. The molecule has 1 heterocycles. The summed E-state index contributed by atoms with van der Waals surface area (Å²) in [6.07, 6.45) is -0.310. The third-order valence-corrected chi connectivity index (χ3v) is 8.03. The number of sulfonamides is 1. The van der Waals surface area contributed by atoms with Crippen molar-refractivity contribution < 1.29 is 22.7 Å². The number of hydrogen-bond donors (Lipinski definition) is 0. The van der Waals surface area contributed by atoms with Crippen LogP contribution in [0.25, 0.3) is 0 Å². The molecule has 0 saturated carbocycles. The van der Waals surface area contributed by atoms with Crippen LogP contribution in [0.1, 0.15) is 12.0 Å². The largest absolute Gasteiger partial charge is 0.497 e. The average Bonchev–Trinajstić information content (AvgIpc) is 3.12. The number of halogens is 2. The molecular weight excluding hydrogens is 499 g/mol. The van der Waals surface area contributed by atoms with Crippen LogP contribution in [0.4, 0.5) is 5.69 Å². The van der Waals surface area contributed by atoms with Gasteiger partial charge in [-0.1, -0.05) is 53.5 Å². The van der Waals surface area contributed by atoms with E-state index in [1.807, 2.05) is 0 Å². The molecule has 10 heteroatoms. The molecule has 1 fully saturated rings. The molecule has 4 rings (SSSR count). The number of methoxy groups -OCH3 is 1. The number of rotatable bonds is 7. The van der Waals surface area contributed by atoms with Crippen molar-refractivity contribution in [1.29, 1.82) is 0 Å². The Labute approximate surface area is 207 Å². The summed E-state index contributed by atoms with van der Waals surface area (Å²) in [6.45, 7) is -0.133. The number of anilines is 1. The van der Waals surface area contributed by atoms with E-state index in [9.17, 15) is 18.0 Å². The van der Waals surface area contributed by atoms with Crippen LogP contribution in [0.5, 0.6) is 5.75 Å². The van der Waals surface area contributed by atoms with E-state index in [4.69, 9.17) is 27.9 Å². The first kappa shape index (κ1) is 24.2. The predicted molar refractivity (Wildman–Crippen MR) is 130 cm³/mol. The van der Waals surface area contributed by atoms with Crippen molar-refractivity contribution >= 4 is 50.7 Å². The molecule has 1 atom stereocenters. The summed E-state index contributed by atoms with van der Waals surface area (Å²) in [5.41, 5.74) is 0.975. The molecule has 0 radical (unpaired) electrons. The van der Waals surface area contributed by atoms with Crippen LogP contribution in [-0.2, 0) is 26.2 Å². The highest BCUT2D eigenvalue weighted by Crippen LogP contribution is 2.34. The van der Waals surface area contributed by atoms with Gasteiger partial charge in [0.2, 0.25) is 15.9 Å². The number of ether oxygens (including phenoxy) is 1. The van der Waals surface area contributed by atoms with Gasteiger partial charge in [-0.25, -0.2) is 13.3 Å². The maximum Gasteiger partial charge on any atom is 0.252 e. The number of carbonyl (C=O) groups excluding carboxylic acids is 2. The SMILES string of the molecule is COc1ccc(N2C(=O)CC(N(Cc3ccccc3)S(=O)(=O)c3cc(Cl)ccc3Cl)C2=O)cc1. The normalized spacial score (nSPS) is 16.4. The number of benzene rings is 3. The van der Waals surface area contributed by atoms with Gasteiger partial charge in [0, 0.05) is 11.6 Å². The Morgan fingerprint density at radius 1 is 1.00 bits per heavy atom. The first-order chi connectivity index (χ1) is 16.2. The zero-order valence-corrected chi connectivity index (χ0v) is 20.3. The minimum atomic E-state index is -4.31. The molecule has 0 spiro atoms. The predicted octanol–water partition coefficient (Wildman–Crippen LogP) is 4.53. The third-order valence-electron chi connectivity index (χ3n) is 5.46. The second-order valence-corrected chi connectivity index (χ2v) is 10.3. The van der Waals surface area contributed by atoms with Gasteiger partial charge in [0.1, 0.15) is 16.7 Å². The van der Waals surface area contributed by atoms with E-state index in [-0.39, 0.29) is 27.9 Å². The molecule has 0 N–H and O–H groups in total. The second-order valence-electron chi connectivity index (χ2n) is 7.60. The Balaban J connectivity index is 1.76. The van der Waals surface area contributed by atoms with Crippen molar-refractivity contribution in [2.75, 3.05) is 12.0 Å². The monoisotopic (exact) mass is 518 g/mol. The van der Waals surface area contributed by atoms with Crippen LogP contribution in [0, 0.1) is 0 Å². The summed E-state index contributed by atoms with van der Waals surface area (Å²) in [7, 11) is -2.81. The average molecular weight is 519 g/mol. The minimum Gasteiger partial charge on any atom is -0.497 e. The van der Waals surface area contributed by atoms with Gasteiger partial charge in [0.25, 0.3) is 5.91 Å². The zero-order chi connectivity index (χ0) is 24.5. The van der Waals surface area contributed by atoms with Gasteiger partial charge >= 0.3 is 0 Å². The van der Waals surface area contributed by atoms with E-state index < -0.39 is 27.9 Å². The highest BCUT2D eigenvalue weighted by molar-refractivity contribution is 7.89. The van der Waals surface area contributed by atoms with Gasteiger partial charge in [-0.2, -0.15) is 4.31 Å². The topological polar surface area (TPSA) is 84.0 Å². The number of hydrogen-bond acceptors (Lipinski definition) is 5. The Morgan fingerprint density at radius 2 is 1.68 bits per heavy atom. The Bertz CT molecular complexity index is 1330. The molecule has 1 unspecified atom stereocenters. The summed E-state index contributed by atoms with van der Waals surface area (Å²) in [5, 5.41) is 0.141. The van der Waals surface area contributed by atoms with Crippen molar-refractivity contribution in [2.24, 2.45) is 0 Å². The van der Waals surface area contributed by atoms with E-state index in [1.165, 1.54) is 25.3 Å². The van der Waals surface area contributed by atoms with Crippen LogP contribution in [0.2, 0.25) is 10.0 Å². The maximum absolute atomic E-state index is 13.8. The van der Waals surface area contributed by atoms with Crippen LogP contribution in [0.15, 0.2) is 77.7 Å². The smallest absolute Gasteiger partial charge is 0.252 e. The van der Waals surface area contributed by atoms with Crippen molar-refractivity contribution in [3.8, 4) is 5.75 Å². The van der Waals surface area contributed by atoms with Gasteiger partial charge in [-0.15, -0.1) is 0 Å². The van der Waals surface area contributed by atoms with E-state index in [1.54, 1.807) is 54.6 Å². The quantitative estimate of drug-likeness (QED) is 0.429. The fourth-order valence-corrected chi connectivity index (χ4v) is 6.08. The van der Waals surface area contributed by atoms with Gasteiger partial charge < -0.3 is 4.74 Å². The van der Waals surface area contributed by atoms with E-state index >= 15 is 0 Å². The number of amides is 2. The zero-order valence-electron chi connectivity index (χ0n) is 18.0. The van der Waals surface area contributed by atoms with Crippen LogP contribution < -0.4 is 9.64 Å². The van der Waals surface area contributed by atoms with Gasteiger partial charge in [0.05, 0.1) is 24.2 Å². The number of carbonyl (C=O) groups is 2. The standard InChI is InChI=1S/C24H20Cl2N2O5S/c1-33-19-10-8-18(9-11-19)28-23(29)14-21(24(28)30)27(15-16-5-3-2-4-6-16)34(31,32)22-13-17(25)7-12-20(22)26/h2-13,21H,14-15H2,1H3. The molecule has 34 heavy (non-hydrogen) atoms. The Morgan fingerprint density at radius 3 is 2.32 bits per heavy atom. The molecule has 1 aliphatic rings. The minimum absolute atomic E-state index is 0.0359. The Hall–Kier alpha value is -2.91. The molecule has 1 saturated heterocycles. The highest BCUT2D eigenvalue weighted by Gasteiger charge is 2.47. The molecule has 1 aliphatic heterocycles. The van der Waals surface area contributed by atoms with Crippen molar-refractivity contribution in [3.05, 3.63) is 88.4 Å². The summed E-state index contributed by atoms with van der Waals surface area (Å²) in [4.78, 5) is 27.1. The van der Waals surface area contributed by atoms with Gasteiger partial charge in [0.15, 0.2) is 0 Å². The summed E-state index contributed by atoms with van der Waals surface area (Å²) in [5.74, 6) is -0.596. The lowest BCUT2D eigenvalue weighted by atomic mass is 10.2. The second kappa shape index (κ2) is 9.76. The molecular formula is C24H20Cl2N2O5S. The molecule has 0 bridgehead atoms. The molecule has 0 aromatic heterocycles. The Kier molecular flexibility index (Phi) is 6.95. The van der Waals surface area contributed by atoms with Crippen molar-refractivity contribution in [1.82, 2.24) is 4.31 Å². The lowest BCUT2D eigenvalue weighted by molar-refractivity contribution is -0.122. The van der Waals surface area contributed by atoms with Crippen LogP contribution in [0.3, 0.4) is 0 Å². The van der Waals surface area contributed by atoms with Crippen molar-refractivity contribution in [2.45, 2.75) is 23.9 Å². The van der Waals surface area contributed by atoms with Gasteiger partial charge in [-0.05, 0) is 48.0 Å². The first-order valence-electron chi connectivity index (χ1n) is 10.2. The molecule has 7 nitrogen and oxygen atoms in total. The van der Waals surface area contributed by atoms with Crippen LogP contribution in [-0.4, -0.2) is 37.7 Å². The summed E-state index contributed by atoms with van der Waals surface area (Å²) < 4.78 is 33.7. The van der Waals surface area contributed by atoms with Crippen LogP contribution >= 0.6 is 23.2 Å². The molecule has 3 aromatic rings. The fourth-order valence-electron chi connectivity index (χ4n) is 3.77. The van der Waals surface area contributed by atoms with Crippen molar-refractivity contribution in [3.63, 3.8) is 0 Å². The lowest BCUT2D eigenvalue weighted by Crippen LogP contribution is -2.45. The third kappa shape index (κ3) is 4.67. The van der Waals surface area contributed by atoms with E-state index in [2.05, 4.69) is 0 Å². The molecule has 2 amide bonds. The lowest BCUT2D eigenvalue weighted by Gasteiger charge is -2.27. The summed E-state index contributed by atoms with van der Waals surface area (Å²) in [6, 6.07) is 18.0. The molecule has 3 aromatic carbocycles. The highest BCUT2D eigenvalue weighted by atomic mass is 35.5. The van der Waals surface area contributed by atoms with E-state index in [0.29, 0.717) is 17.0 Å². The molecule has 0 aliphatic carbocycles. The first-order valence-corrected chi connectivity index (χ1v) is 12.4. The van der Waals surface area contributed by atoms with Gasteiger partial charge in [-0.3, -0.25) is 9.59 Å². The molecule has 176 valence electrons. The number of nitrogens with zero attached hydrogens (tertiary/aromatic N) is 2. The number of imide groups is 1.